The Morgan fingerprint density at radius 3 is 2.65 bits per heavy atom. The molecule has 20 heavy (non-hydrogen) atoms. The first kappa shape index (κ1) is 13.7. The second kappa shape index (κ2) is 5.98. The minimum Gasteiger partial charge on any atom is -0.392 e. The molecule has 1 aliphatic carbocycles. The standard InChI is InChI=1S/C17H18BrNO/c18-17-7-2-1-6-16(17)13-9-15(10-13)19-14-5-3-4-12(8-14)11-20/h1-8,13,15,19-20H,9-11H2. The average molecular weight is 332 g/mol. The van der Waals surface area contributed by atoms with Crippen molar-refractivity contribution in [1.82, 2.24) is 0 Å². The molecule has 104 valence electrons. The molecule has 0 unspecified atom stereocenters. The van der Waals surface area contributed by atoms with Crippen LogP contribution in [-0.2, 0) is 6.61 Å². The first-order valence-electron chi connectivity index (χ1n) is 6.97. The fourth-order valence-electron chi connectivity index (χ4n) is 2.79. The zero-order valence-corrected chi connectivity index (χ0v) is 12.8. The molecule has 2 N–H and O–H groups in total. The maximum absolute atomic E-state index is 9.16. The summed E-state index contributed by atoms with van der Waals surface area (Å²) >= 11 is 3.63. The molecular weight excluding hydrogens is 314 g/mol. The Hall–Kier alpha value is -1.32. The number of hydrogen-bond donors (Lipinski definition) is 2. The van der Waals surface area contributed by atoms with Crippen LogP contribution in [0.3, 0.4) is 0 Å². The van der Waals surface area contributed by atoms with Gasteiger partial charge in [-0.3, -0.25) is 0 Å². The normalized spacial score (nSPS) is 21.3. The molecule has 0 amide bonds. The molecule has 0 spiro atoms. The van der Waals surface area contributed by atoms with Crippen LogP contribution in [0.25, 0.3) is 0 Å². The van der Waals surface area contributed by atoms with Gasteiger partial charge >= 0.3 is 0 Å². The van der Waals surface area contributed by atoms with E-state index >= 15 is 0 Å². The number of hydrogen-bond acceptors (Lipinski definition) is 2. The van der Waals surface area contributed by atoms with Crippen molar-refractivity contribution in [1.29, 1.82) is 0 Å². The van der Waals surface area contributed by atoms with Gasteiger partial charge in [-0.2, -0.15) is 0 Å². The molecular formula is C17H18BrNO. The molecule has 1 aliphatic rings. The molecule has 2 nitrogen and oxygen atoms in total. The number of halogens is 1. The predicted octanol–water partition coefficient (Wildman–Crippen LogP) is 4.30. The van der Waals surface area contributed by atoms with Gasteiger partial charge in [0, 0.05) is 16.2 Å². The molecule has 1 saturated carbocycles. The van der Waals surface area contributed by atoms with E-state index in [0.717, 1.165) is 24.1 Å². The van der Waals surface area contributed by atoms with Gasteiger partial charge in [0.05, 0.1) is 6.61 Å². The molecule has 0 bridgehead atoms. The summed E-state index contributed by atoms with van der Waals surface area (Å²) in [4.78, 5) is 0. The van der Waals surface area contributed by atoms with Crippen LogP contribution in [0.15, 0.2) is 53.0 Å². The summed E-state index contributed by atoms with van der Waals surface area (Å²) in [5, 5.41) is 12.7. The molecule has 0 heterocycles. The Morgan fingerprint density at radius 2 is 1.90 bits per heavy atom. The predicted molar refractivity (Wildman–Crippen MR) is 85.9 cm³/mol. The van der Waals surface area contributed by atoms with Crippen molar-refractivity contribution in [2.45, 2.75) is 31.4 Å². The molecule has 0 aromatic heterocycles. The first-order chi connectivity index (χ1) is 9.76. The molecule has 0 atom stereocenters. The SMILES string of the molecule is OCc1cccc(NC2CC(c3ccccc3Br)C2)c1. The van der Waals surface area contributed by atoms with Gasteiger partial charge in [0.2, 0.25) is 0 Å². The lowest BCUT2D eigenvalue weighted by Crippen LogP contribution is -2.34. The highest BCUT2D eigenvalue weighted by atomic mass is 79.9. The number of rotatable bonds is 4. The molecule has 1 fully saturated rings. The number of benzene rings is 2. The topological polar surface area (TPSA) is 32.3 Å². The van der Waals surface area contributed by atoms with Crippen LogP contribution in [0.2, 0.25) is 0 Å². The second-order valence-corrected chi connectivity index (χ2v) is 6.24. The van der Waals surface area contributed by atoms with Gasteiger partial charge in [-0.25, -0.2) is 0 Å². The maximum Gasteiger partial charge on any atom is 0.0682 e. The lowest BCUT2D eigenvalue weighted by molar-refractivity contribution is 0.282. The Balaban J connectivity index is 1.59. The lowest BCUT2D eigenvalue weighted by atomic mass is 9.76. The monoisotopic (exact) mass is 331 g/mol. The van der Waals surface area contributed by atoms with Crippen molar-refractivity contribution in [3.05, 3.63) is 64.1 Å². The van der Waals surface area contributed by atoms with E-state index in [-0.39, 0.29) is 6.61 Å². The van der Waals surface area contributed by atoms with Crippen LogP contribution in [0.5, 0.6) is 0 Å². The third kappa shape index (κ3) is 2.89. The van der Waals surface area contributed by atoms with Crippen LogP contribution >= 0.6 is 15.9 Å². The van der Waals surface area contributed by atoms with E-state index in [1.807, 2.05) is 18.2 Å². The quantitative estimate of drug-likeness (QED) is 0.875. The van der Waals surface area contributed by atoms with E-state index in [1.54, 1.807) is 0 Å². The lowest BCUT2D eigenvalue weighted by Gasteiger charge is -2.37. The minimum absolute atomic E-state index is 0.0970. The van der Waals surface area contributed by atoms with Gasteiger partial charge < -0.3 is 10.4 Å². The first-order valence-corrected chi connectivity index (χ1v) is 7.76. The summed E-state index contributed by atoms with van der Waals surface area (Å²) < 4.78 is 1.21. The number of aliphatic hydroxyl groups excluding tert-OH is 1. The van der Waals surface area contributed by atoms with Crippen LogP contribution in [-0.4, -0.2) is 11.1 Å². The van der Waals surface area contributed by atoms with Gasteiger partial charge in [0.1, 0.15) is 0 Å². The van der Waals surface area contributed by atoms with Gasteiger partial charge in [0.25, 0.3) is 0 Å². The van der Waals surface area contributed by atoms with Crippen molar-refractivity contribution in [3.8, 4) is 0 Å². The van der Waals surface area contributed by atoms with Gasteiger partial charge in [-0.1, -0.05) is 46.3 Å². The van der Waals surface area contributed by atoms with Crippen molar-refractivity contribution in [2.75, 3.05) is 5.32 Å². The van der Waals surface area contributed by atoms with E-state index in [1.165, 1.54) is 10.0 Å². The molecule has 0 radical (unpaired) electrons. The third-order valence-corrected chi connectivity index (χ3v) is 4.69. The number of anilines is 1. The van der Waals surface area contributed by atoms with Crippen molar-refractivity contribution >= 4 is 21.6 Å². The third-order valence-electron chi connectivity index (χ3n) is 3.96. The van der Waals surface area contributed by atoms with Crippen molar-refractivity contribution < 1.29 is 5.11 Å². The van der Waals surface area contributed by atoms with E-state index < -0.39 is 0 Å². The Labute approximate surface area is 128 Å². The molecule has 2 aromatic rings. The van der Waals surface area contributed by atoms with Crippen LogP contribution in [0.1, 0.15) is 29.9 Å². The zero-order chi connectivity index (χ0) is 13.9. The summed E-state index contributed by atoms with van der Waals surface area (Å²) in [5.41, 5.74) is 3.47. The van der Waals surface area contributed by atoms with Gasteiger partial charge in [0.15, 0.2) is 0 Å². The summed E-state index contributed by atoms with van der Waals surface area (Å²) in [6.45, 7) is 0.0970. The Bertz CT molecular complexity index is 593. The van der Waals surface area contributed by atoms with Gasteiger partial charge in [-0.15, -0.1) is 0 Å². The Kier molecular flexibility index (Phi) is 4.08. The van der Waals surface area contributed by atoms with Crippen molar-refractivity contribution in [3.63, 3.8) is 0 Å². The highest BCUT2D eigenvalue weighted by molar-refractivity contribution is 9.10. The fraction of sp³-hybridized carbons (Fsp3) is 0.294. The van der Waals surface area contributed by atoms with E-state index in [0.29, 0.717) is 12.0 Å². The average Bonchev–Trinajstić information content (AvgIpc) is 2.44. The smallest absolute Gasteiger partial charge is 0.0682 e. The highest BCUT2D eigenvalue weighted by Gasteiger charge is 2.31. The summed E-state index contributed by atoms with van der Waals surface area (Å²) in [6.07, 6.45) is 2.32. The Morgan fingerprint density at radius 1 is 1.10 bits per heavy atom. The van der Waals surface area contributed by atoms with Crippen LogP contribution < -0.4 is 5.32 Å². The molecule has 2 aromatic carbocycles. The van der Waals surface area contributed by atoms with E-state index in [9.17, 15) is 0 Å². The van der Waals surface area contributed by atoms with E-state index in [2.05, 4.69) is 51.6 Å². The highest BCUT2D eigenvalue weighted by Crippen LogP contribution is 2.41. The minimum atomic E-state index is 0.0970. The summed E-state index contributed by atoms with van der Waals surface area (Å²) in [5.74, 6) is 0.643. The molecule has 0 saturated heterocycles. The van der Waals surface area contributed by atoms with Gasteiger partial charge in [-0.05, 0) is 48.1 Å². The molecule has 0 aliphatic heterocycles. The van der Waals surface area contributed by atoms with Crippen molar-refractivity contribution in [2.24, 2.45) is 0 Å². The van der Waals surface area contributed by atoms with E-state index in [4.69, 9.17) is 5.11 Å². The number of aliphatic hydroxyl groups is 1. The zero-order valence-electron chi connectivity index (χ0n) is 11.2. The molecule has 3 rings (SSSR count). The largest absolute Gasteiger partial charge is 0.392 e. The van der Waals surface area contributed by atoms with Crippen LogP contribution in [0.4, 0.5) is 5.69 Å². The second-order valence-electron chi connectivity index (χ2n) is 5.39. The van der Waals surface area contributed by atoms with Crippen LogP contribution in [0, 0.1) is 0 Å². The summed E-state index contributed by atoms with van der Waals surface area (Å²) in [7, 11) is 0. The molecule has 3 heteroatoms. The number of nitrogens with one attached hydrogen (secondary N) is 1. The summed E-state index contributed by atoms with van der Waals surface area (Å²) in [6, 6.07) is 17.0. The fourth-order valence-corrected chi connectivity index (χ4v) is 3.40. The maximum atomic E-state index is 9.16.